The quantitative estimate of drug-likeness (QED) is 0.0286. The third-order valence-electron chi connectivity index (χ3n) is 20.5. The number of benzene rings is 8. The van der Waals surface area contributed by atoms with Gasteiger partial charge in [0, 0.05) is 128 Å². The SMILES string of the molecule is Cc1ccc(OCC(O)CN(Cc2ccc(=O)[nH]c2)Cc2ccccc2C)cc1.Cc1ccc(OCC(O)CN(Cc2ccccc2C)CC2CCC(=O)NC2)cc1.Cc1ccc(OCCCN2Cc3ccccc3CC2c2cccnc2)cc1.Cc1ccccc1CN(CCCOc1ccc(C(F)(F)F)cc1)Cc1cccnc1. The Morgan fingerprint density at radius 3 is 1.50 bits per heavy atom. The Morgan fingerprint density at radius 2 is 0.991 bits per heavy atom. The Bertz CT molecular complexity index is 4700. The van der Waals surface area contributed by atoms with Crippen molar-refractivity contribution in [2.45, 2.75) is 137 Å². The second-order valence-electron chi connectivity index (χ2n) is 30.0. The number of alkyl halides is 3. The molecule has 2 aliphatic rings. The van der Waals surface area contributed by atoms with Crippen LogP contribution in [0.1, 0.15) is 115 Å². The fourth-order valence-corrected chi connectivity index (χ4v) is 13.9. The fourth-order valence-electron chi connectivity index (χ4n) is 13.9. The number of ether oxygens (including phenoxy) is 4. The van der Waals surface area contributed by atoms with Crippen molar-refractivity contribution >= 4 is 5.91 Å². The van der Waals surface area contributed by atoms with E-state index in [0.717, 1.165) is 119 Å². The van der Waals surface area contributed by atoms with Crippen molar-refractivity contribution in [3.63, 3.8) is 0 Å². The molecule has 16 nitrogen and oxygen atoms in total. The van der Waals surface area contributed by atoms with Crippen LogP contribution in [0, 0.1) is 47.5 Å². The number of pyridine rings is 3. The zero-order chi connectivity index (χ0) is 81.2. The first-order valence-corrected chi connectivity index (χ1v) is 39.8. The molecule has 13 rings (SSSR count). The number of halogens is 3. The van der Waals surface area contributed by atoms with Crippen LogP contribution in [-0.4, -0.2) is 129 Å². The normalized spacial score (nSPS) is 14.5. The van der Waals surface area contributed by atoms with Crippen LogP contribution >= 0.6 is 0 Å². The van der Waals surface area contributed by atoms with Gasteiger partial charge in [-0.15, -0.1) is 0 Å². The highest BCUT2D eigenvalue weighted by atomic mass is 19.4. The lowest BCUT2D eigenvalue weighted by Gasteiger charge is -2.37. The predicted molar refractivity (Wildman–Crippen MR) is 450 cm³/mol. The average Bonchev–Trinajstić information content (AvgIpc) is 0.798. The van der Waals surface area contributed by atoms with Gasteiger partial charge >= 0.3 is 6.18 Å². The lowest BCUT2D eigenvalue weighted by molar-refractivity contribution is -0.137. The van der Waals surface area contributed by atoms with Gasteiger partial charge < -0.3 is 39.5 Å². The van der Waals surface area contributed by atoms with Crippen LogP contribution in [0.3, 0.4) is 0 Å². The van der Waals surface area contributed by atoms with Crippen molar-refractivity contribution in [3.8, 4) is 23.0 Å². The summed E-state index contributed by atoms with van der Waals surface area (Å²) in [6, 6.07) is 74.4. The molecule has 0 bridgehead atoms. The average molecular weight is 1560 g/mol. The molecule has 11 aromatic rings. The van der Waals surface area contributed by atoms with Crippen LogP contribution < -0.4 is 29.8 Å². The van der Waals surface area contributed by atoms with Gasteiger partial charge in [0.25, 0.3) is 0 Å². The number of aryl methyl sites for hydroxylation is 6. The minimum Gasteiger partial charge on any atom is -0.494 e. The molecule has 604 valence electrons. The lowest BCUT2D eigenvalue weighted by atomic mass is 9.90. The summed E-state index contributed by atoms with van der Waals surface area (Å²) in [4.78, 5) is 43.4. The Hall–Kier alpha value is -10.8. The summed E-state index contributed by atoms with van der Waals surface area (Å²) in [6.07, 6.45) is 7.94. The first kappa shape index (κ1) is 86.6. The van der Waals surface area contributed by atoms with E-state index in [9.17, 15) is 33.0 Å². The molecule has 2 aliphatic heterocycles. The standard InChI is InChI=1S/C24H25F3N2O.C24H32N2O3.C24H28N2O3.C24H26N2O/c1-19-6-2-3-8-21(19)18-29(17-20-7-4-13-28-16-20)14-5-15-30-23-11-9-22(10-12-23)24(25,26)27;2*1-18-7-10-23(11-8-18)29-17-22(27)16-26(14-20-9-12-24(28)25-13-20)15-21-6-4-3-5-19(21)2;1-19-9-11-23(12-10-19)27-15-5-14-26-18-22-7-3-2-6-20(22)16-24(26)21-8-4-13-25-17-21/h2-4,6-13,16H,5,14-15,17-18H2,1H3;3-8,10-11,20,22,27H,9,12-17H2,1-2H3,(H,25,28);3-13,22,27H,14-17H2,1-2H3,(H,25,28);2-4,6-13,17,24H,5,14-16,18H2,1H3. The number of amides is 1. The van der Waals surface area contributed by atoms with E-state index in [4.69, 9.17) is 18.9 Å². The number of fused-ring (bicyclic) bond motifs is 1. The molecule has 4 N–H and O–H groups in total. The van der Waals surface area contributed by atoms with Gasteiger partial charge in [-0.3, -0.25) is 39.2 Å². The summed E-state index contributed by atoms with van der Waals surface area (Å²) in [7, 11) is 0. The van der Waals surface area contributed by atoms with Crippen molar-refractivity contribution in [3.05, 3.63) is 355 Å². The molecule has 0 radical (unpaired) electrons. The molecule has 0 spiro atoms. The molecule has 3 aromatic heterocycles. The van der Waals surface area contributed by atoms with Crippen LogP contribution in [0.15, 0.2) is 266 Å². The first-order chi connectivity index (χ1) is 55.7. The highest BCUT2D eigenvalue weighted by molar-refractivity contribution is 5.76. The Kier molecular flexibility index (Phi) is 34.2. The molecule has 1 amide bonds. The second kappa shape index (κ2) is 45.4. The van der Waals surface area contributed by atoms with Gasteiger partial charge in [0.2, 0.25) is 11.5 Å². The number of carbonyl (C=O) groups excluding carboxylic acids is 1. The number of rotatable bonds is 33. The summed E-state index contributed by atoms with van der Waals surface area (Å²) < 4.78 is 61.0. The summed E-state index contributed by atoms with van der Waals surface area (Å²) in [5.74, 6) is 3.46. The summed E-state index contributed by atoms with van der Waals surface area (Å²) in [5, 5.41) is 24.2. The number of aromatic nitrogens is 3. The van der Waals surface area contributed by atoms with E-state index >= 15 is 0 Å². The number of aliphatic hydroxyl groups excluding tert-OH is 2. The van der Waals surface area contributed by atoms with Gasteiger partial charge in [-0.2, -0.15) is 13.2 Å². The van der Waals surface area contributed by atoms with Crippen LogP contribution in [0.5, 0.6) is 23.0 Å². The van der Waals surface area contributed by atoms with Crippen molar-refractivity contribution < 1.29 is 47.1 Å². The molecule has 1 saturated heterocycles. The first-order valence-electron chi connectivity index (χ1n) is 39.8. The van der Waals surface area contributed by atoms with Crippen molar-refractivity contribution in [1.29, 1.82) is 0 Å². The van der Waals surface area contributed by atoms with E-state index in [1.54, 1.807) is 12.4 Å². The van der Waals surface area contributed by atoms with E-state index < -0.39 is 23.9 Å². The molecule has 1 fully saturated rings. The molecular weight excluding hydrogens is 1450 g/mol. The topological polar surface area (TPSA) is 178 Å². The number of carbonyl (C=O) groups is 1. The number of piperidine rings is 1. The zero-order valence-corrected chi connectivity index (χ0v) is 67.1. The summed E-state index contributed by atoms with van der Waals surface area (Å²) in [6.45, 7) is 23.1. The van der Waals surface area contributed by atoms with Gasteiger partial charge in [-0.1, -0.05) is 168 Å². The van der Waals surface area contributed by atoms with Crippen molar-refractivity contribution in [2.75, 3.05) is 65.7 Å². The number of aromatic amines is 1. The molecule has 115 heavy (non-hydrogen) atoms. The molecule has 0 aliphatic carbocycles. The van der Waals surface area contributed by atoms with Gasteiger partial charge in [-0.05, 0) is 207 Å². The Balaban J connectivity index is 0.000000162. The maximum Gasteiger partial charge on any atom is 0.416 e. The third-order valence-corrected chi connectivity index (χ3v) is 20.5. The maximum atomic E-state index is 12.7. The molecular formula is C96H111F3N8O8. The maximum absolute atomic E-state index is 12.7. The highest BCUT2D eigenvalue weighted by Crippen LogP contribution is 2.34. The van der Waals surface area contributed by atoms with Gasteiger partial charge in [-0.25, -0.2) is 0 Å². The largest absolute Gasteiger partial charge is 0.494 e. The number of aliphatic hydroxyl groups is 2. The predicted octanol–water partition coefficient (Wildman–Crippen LogP) is 17.3. The van der Waals surface area contributed by atoms with E-state index in [0.29, 0.717) is 63.5 Å². The molecule has 5 heterocycles. The van der Waals surface area contributed by atoms with Crippen molar-refractivity contribution in [2.24, 2.45) is 5.92 Å². The number of hydrogen-bond acceptors (Lipinski definition) is 14. The lowest BCUT2D eigenvalue weighted by Crippen LogP contribution is -2.43. The molecule has 4 unspecified atom stereocenters. The molecule has 8 aromatic carbocycles. The van der Waals surface area contributed by atoms with E-state index in [1.807, 2.05) is 142 Å². The number of H-pyrrole nitrogens is 1. The van der Waals surface area contributed by atoms with Crippen molar-refractivity contribution in [1.82, 2.24) is 39.9 Å². The van der Waals surface area contributed by atoms with Gasteiger partial charge in [0.05, 0.1) is 18.8 Å². The third kappa shape index (κ3) is 30.2. The smallest absolute Gasteiger partial charge is 0.416 e. The minimum absolute atomic E-state index is 0.120. The Labute approximate surface area is 676 Å². The highest BCUT2D eigenvalue weighted by Gasteiger charge is 2.31. The van der Waals surface area contributed by atoms with E-state index in [-0.39, 0.29) is 24.7 Å². The molecule has 19 heteroatoms. The second-order valence-corrected chi connectivity index (χ2v) is 30.0. The fraction of sp³-hybridized carbons (Fsp3) is 0.333. The zero-order valence-electron chi connectivity index (χ0n) is 67.1. The minimum atomic E-state index is -4.33. The van der Waals surface area contributed by atoms with Crippen LogP contribution in [0.2, 0.25) is 0 Å². The molecule has 4 atom stereocenters. The summed E-state index contributed by atoms with van der Waals surface area (Å²) in [5.41, 5.74) is 16.6. The number of nitrogens with zero attached hydrogens (tertiary/aromatic N) is 6. The monoisotopic (exact) mass is 1560 g/mol. The van der Waals surface area contributed by atoms with E-state index in [1.165, 1.54) is 85.0 Å². The number of nitrogens with one attached hydrogen (secondary N) is 2. The van der Waals surface area contributed by atoms with E-state index in [2.05, 4.69) is 159 Å². The summed E-state index contributed by atoms with van der Waals surface area (Å²) >= 11 is 0. The Morgan fingerprint density at radius 1 is 0.504 bits per heavy atom. The van der Waals surface area contributed by atoms with Crippen LogP contribution in [-0.2, 0) is 56.7 Å². The number of hydrogen-bond donors (Lipinski definition) is 4. The van der Waals surface area contributed by atoms with Gasteiger partial charge in [0.15, 0.2) is 0 Å². The van der Waals surface area contributed by atoms with Gasteiger partial charge in [0.1, 0.15) is 48.4 Å². The van der Waals surface area contributed by atoms with Crippen LogP contribution in [0.4, 0.5) is 13.2 Å². The van der Waals surface area contributed by atoms with Crippen LogP contribution in [0.25, 0.3) is 0 Å². The molecule has 0 saturated carbocycles.